The molecule has 0 aliphatic rings. The predicted molar refractivity (Wildman–Crippen MR) is 78.5 cm³/mol. The van der Waals surface area contributed by atoms with E-state index in [-0.39, 0.29) is 0 Å². The lowest BCUT2D eigenvalue weighted by molar-refractivity contribution is 0.420. The van der Waals surface area contributed by atoms with Crippen LogP contribution in [0.25, 0.3) is 22.0 Å². The van der Waals surface area contributed by atoms with Gasteiger partial charge in [-0.2, -0.15) is 0 Å². The van der Waals surface area contributed by atoms with Crippen LogP contribution in [0.1, 0.15) is 5.56 Å². The van der Waals surface area contributed by atoms with Crippen LogP contribution in [0.3, 0.4) is 0 Å². The Morgan fingerprint density at radius 2 is 1.74 bits per heavy atom. The lowest BCUT2D eigenvalue weighted by atomic mass is 9.98. The van der Waals surface area contributed by atoms with E-state index < -0.39 is 0 Å². The van der Waals surface area contributed by atoms with E-state index >= 15 is 0 Å². The van der Waals surface area contributed by atoms with Crippen molar-refractivity contribution in [2.24, 2.45) is 0 Å². The second kappa shape index (κ2) is 4.73. The fourth-order valence-corrected chi connectivity index (χ4v) is 2.42. The van der Waals surface area contributed by atoms with Crippen molar-refractivity contribution < 1.29 is 4.74 Å². The summed E-state index contributed by atoms with van der Waals surface area (Å²) in [7, 11) is 1.69. The fourth-order valence-electron chi connectivity index (χ4n) is 2.42. The van der Waals surface area contributed by atoms with E-state index in [9.17, 15) is 0 Å². The SMILES string of the molecule is COc1ccc(-c2ccccc2C)c2ncccc12. The molecule has 3 aromatic rings. The topological polar surface area (TPSA) is 22.1 Å². The molecule has 0 saturated carbocycles. The maximum atomic E-state index is 5.41. The molecule has 0 amide bonds. The summed E-state index contributed by atoms with van der Waals surface area (Å²) in [5.41, 5.74) is 4.60. The highest BCUT2D eigenvalue weighted by Crippen LogP contribution is 2.34. The summed E-state index contributed by atoms with van der Waals surface area (Å²) < 4.78 is 5.41. The Morgan fingerprint density at radius 3 is 2.53 bits per heavy atom. The van der Waals surface area contributed by atoms with E-state index in [1.165, 1.54) is 11.1 Å². The summed E-state index contributed by atoms with van der Waals surface area (Å²) in [5, 5.41) is 1.05. The third-order valence-corrected chi connectivity index (χ3v) is 3.38. The van der Waals surface area contributed by atoms with E-state index in [1.54, 1.807) is 7.11 Å². The molecule has 0 atom stereocenters. The van der Waals surface area contributed by atoms with Gasteiger partial charge in [-0.25, -0.2) is 0 Å². The molecule has 0 fully saturated rings. The second-order valence-electron chi connectivity index (χ2n) is 4.53. The molecule has 0 unspecified atom stereocenters. The number of methoxy groups -OCH3 is 1. The van der Waals surface area contributed by atoms with Gasteiger partial charge in [0, 0.05) is 17.1 Å². The number of pyridine rings is 1. The van der Waals surface area contributed by atoms with Crippen LogP contribution in [-0.4, -0.2) is 12.1 Å². The smallest absolute Gasteiger partial charge is 0.128 e. The van der Waals surface area contributed by atoms with Gasteiger partial charge in [0.1, 0.15) is 5.75 Å². The molecule has 0 radical (unpaired) electrons. The van der Waals surface area contributed by atoms with Gasteiger partial charge in [-0.05, 0) is 42.3 Å². The van der Waals surface area contributed by atoms with Crippen LogP contribution in [0.4, 0.5) is 0 Å². The number of hydrogen-bond acceptors (Lipinski definition) is 2. The van der Waals surface area contributed by atoms with Crippen LogP contribution < -0.4 is 4.74 Å². The molecule has 2 nitrogen and oxygen atoms in total. The summed E-state index contributed by atoms with van der Waals surface area (Å²) in [5.74, 6) is 0.862. The standard InChI is InChI=1S/C17H15NO/c1-12-6-3-4-7-13(12)14-9-10-16(19-2)15-8-5-11-18-17(14)15/h3-11H,1-2H3. The van der Waals surface area contributed by atoms with Crippen LogP contribution >= 0.6 is 0 Å². The van der Waals surface area contributed by atoms with Crippen molar-refractivity contribution in [3.8, 4) is 16.9 Å². The van der Waals surface area contributed by atoms with Crippen LogP contribution in [0, 0.1) is 6.92 Å². The summed E-state index contributed by atoms with van der Waals surface area (Å²) in [4.78, 5) is 4.53. The van der Waals surface area contributed by atoms with E-state index in [0.29, 0.717) is 0 Å². The highest BCUT2D eigenvalue weighted by molar-refractivity contribution is 5.97. The molecule has 0 saturated heterocycles. The van der Waals surface area contributed by atoms with E-state index in [1.807, 2.05) is 24.4 Å². The normalized spacial score (nSPS) is 10.6. The molecule has 0 spiro atoms. The Kier molecular flexibility index (Phi) is 2.92. The Balaban J connectivity index is 2.35. The van der Waals surface area contributed by atoms with Crippen LogP contribution in [0.2, 0.25) is 0 Å². The minimum absolute atomic E-state index is 0.862. The van der Waals surface area contributed by atoms with Crippen molar-refractivity contribution >= 4 is 10.9 Å². The Labute approximate surface area is 112 Å². The first-order chi connectivity index (χ1) is 9.31. The third-order valence-electron chi connectivity index (χ3n) is 3.38. The van der Waals surface area contributed by atoms with Crippen molar-refractivity contribution in [3.05, 3.63) is 60.3 Å². The highest BCUT2D eigenvalue weighted by atomic mass is 16.5. The van der Waals surface area contributed by atoms with Crippen LogP contribution in [0.5, 0.6) is 5.75 Å². The number of rotatable bonds is 2. The van der Waals surface area contributed by atoms with E-state index in [0.717, 1.165) is 22.2 Å². The second-order valence-corrected chi connectivity index (χ2v) is 4.53. The third kappa shape index (κ3) is 1.95. The van der Waals surface area contributed by atoms with Gasteiger partial charge in [-0.3, -0.25) is 4.98 Å². The average Bonchev–Trinajstić information content (AvgIpc) is 2.47. The predicted octanol–water partition coefficient (Wildman–Crippen LogP) is 4.22. The average molecular weight is 249 g/mol. The Hall–Kier alpha value is -2.35. The summed E-state index contributed by atoms with van der Waals surface area (Å²) >= 11 is 0. The maximum Gasteiger partial charge on any atom is 0.128 e. The fraction of sp³-hybridized carbons (Fsp3) is 0.118. The summed E-state index contributed by atoms with van der Waals surface area (Å²) in [6, 6.07) is 16.4. The summed E-state index contributed by atoms with van der Waals surface area (Å²) in [6.07, 6.45) is 1.82. The van der Waals surface area contributed by atoms with Gasteiger partial charge in [-0.1, -0.05) is 24.3 Å². The van der Waals surface area contributed by atoms with Gasteiger partial charge in [0.05, 0.1) is 12.6 Å². The number of ether oxygens (including phenoxy) is 1. The molecule has 1 heterocycles. The Bertz CT molecular complexity index is 734. The van der Waals surface area contributed by atoms with Crippen molar-refractivity contribution in [2.75, 3.05) is 7.11 Å². The Morgan fingerprint density at radius 1 is 0.895 bits per heavy atom. The van der Waals surface area contributed by atoms with Gasteiger partial charge in [0.2, 0.25) is 0 Å². The zero-order chi connectivity index (χ0) is 13.2. The molecule has 94 valence electrons. The minimum atomic E-state index is 0.862. The van der Waals surface area contributed by atoms with Crippen molar-refractivity contribution in [3.63, 3.8) is 0 Å². The van der Waals surface area contributed by atoms with Gasteiger partial charge in [-0.15, -0.1) is 0 Å². The lowest BCUT2D eigenvalue weighted by Crippen LogP contribution is -1.91. The number of hydrogen-bond donors (Lipinski definition) is 0. The monoisotopic (exact) mass is 249 g/mol. The number of benzene rings is 2. The van der Waals surface area contributed by atoms with Crippen molar-refractivity contribution in [1.82, 2.24) is 4.98 Å². The van der Waals surface area contributed by atoms with Gasteiger partial charge >= 0.3 is 0 Å². The first-order valence-electron chi connectivity index (χ1n) is 6.29. The molecule has 0 N–H and O–H groups in total. The lowest BCUT2D eigenvalue weighted by Gasteiger charge is -2.11. The molecule has 0 bridgehead atoms. The quantitative estimate of drug-likeness (QED) is 0.678. The molecule has 0 aliphatic heterocycles. The molecular weight excluding hydrogens is 234 g/mol. The molecule has 2 heteroatoms. The number of aryl methyl sites for hydroxylation is 1. The maximum absolute atomic E-state index is 5.41. The van der Waals surface area contributed by atoms with Gasteiger partial charge in [0.15, 0.2) is 0 Å². The zero-order valence-electron chi connectivity index (χ0n) is 11.1. The van der Waals surface area contributed by atoms with Crippen LogP contribution in [-0.2, 0) is 0 Å². The minimum Gasteiger partial charge on any atom is -0.496 e. The number of aromatic nitrogens is 1. The first kappa shape index (κ1) is 11.7. The number of nitrogens with zero attached hydrogens (tertiary/aromatic N) is 1. The van der Waals surface area contributed by atoms with Crippen LogP contribution in [0.15, 0.2) is 54.7 Å². The molecule has 3 rings (SSSR count). The van der Waals surface area contributed by atoms with E-state index in [2.05, 4.69) is 42.2 Å². The summed E-state index contributed by atoms with van der Waals surface area (Å²) in [6.45, 7) is 2.12. The molecule has 19 heavy (non-hydrogen) atoms. The molecule has 0 aliphatic carbocycles. The van der Waals surface area contributed by atoms with Gasteiger partial charge in [0.25, 0.3) is 0 Å². The number of fused-ring (bicyclic) bond motifs is 1. The highest BCUT2D eigenvalue weighted by Gasteiger charge is 2.10. The van der Waals surface area contributed by atoms with Crippen molar-refractivity contribution in [2.45, 2.75) is 6.92 Å². The largest absolute Gasteiger partial charge is 0.496 e. The zero-order valence-corrected chi connectivity index (χ0v) is 11.1. The molecular formula is C17H15NO. The van der Waals surface area contributed by atoms with Crippen molar-refractivity contribution in [1.29, 1.82) is 0 Å². The first-order valence-corrected chi connectivity index (χ1v) is 6.29. The van der Waals surface area contributed by atoms with Gasteiger partial charge < -0.3 is 4.74 Å². The molecule has 1 aromatic heterocycles. The van der Waals surface area contributed by atoms with E-state index in [4.69, 9.17) is 4.74 Å². The molecule has 2 aromatic carbocycles.